The van der Waals surface area contributed by atoms with Gasteiger partial charge in [0.25, 0.3) is 0 Å². The second kappa shape index (κ2) is 8.40. The lowest BCUT2D eigenvalue weighted by Crippen LogP contribution is -2.26. The van der Waals surface area contributed by atoms with E-state index in [4.69, 9.17) is 9.15 Å². The Balaban J connectivity index is 1.87. The van der Waals surface area contributed by atoms with Gasteiger partial charge in [-0.05, 0) is 41.2 Å². The van der Waals surface area contributed by atoms with E-state index >= 15 is 0 Å². The average molecular weight is 365 g/mol. The maximum absolute atomic E-state index is 12.0. The zero-order valence-electron chi connectivity index (χ0n) is 16.4. The molecule has 0 spiro atoms. The number of methoxy groups -OCH3 is 1. The molecule has 0 unspecified atom stereocenters. The highest BCUT2D eigenvalue weighted by Gasteiger charge is 2.16. The van der Waals surface area contributed by atoms with E-state index < -0.39 is 0 Å². The van der Waals surface area contributed by atoms with Crippen LogP contribution in [-0.4, -0.2) is 7.11 Å². The van der Waals surface area contributed by atoms with Crippen LogP contribution < -0.4 is 15.7 Å². The molecule has 0 aliphatic rings. The van der Waals surface area contributed by atoms with Gasteiger partial charge in [0.2, 0.25) is 0 Å². The molecule has 1 N–H and O–H groups in total. The van der Waals surface area contributed by atoms with Crippen molar-refractivity contribution in [3.05, 3.63) is 75.6 Å². The molecule has 27 heavy (non-hydrogen) atoms. The Bertz CT molecular complexity index is 958. The van der Waals surface area contributed by atoms with Crippen molar-refractivity contribution in [1.82, 2.24) is 5.32 Å². The summed E-state index contributed by atoms with van der Waals surface area (Å²) in [7, 11) is 1.60. The quantitative estimate of drug-likeness (QED) is 0.608. The third-order valence-electron chi connectivity index (χ3n) is 4.96. The van der Waals surface area contributed by atoms with E-state index in [1.807, 2.05) is 12.1 Å². The second-order valence-corrected chi connectivity index (χ2v) is 7.15. The molecule has 1 atom stereocenters. The summed E-state index contributed by atoms with van der Waals surface area (Å²) < 4.78 is 10.6. The number of aryl methyl sites for hydroxylation is 1. The zero-order valence-corrected chi connectivity index (χ0v) is 16.4. The van der Waals surface area contributed by atoms with Crippen LogP contribution in [0.1, 0.15) is 43.5 Å². The summed E-state index contributed by atoms with van der Waals surface area (Å²) in [6.45, 7) is 7.16. The van der Waals surface area contributed by atoms with E-state index in [0.29, 0.717) is 23.8 Å². The molecule has 4 heteroatoms. The maximum atomic E-state index is 12.0. The van der Waals surface area contributed by atoms with Gasteiger partial charge in [0, 0.05) is 30.1 Å². The Morgan fingerprint density at radius 1 is 1.07 bits per heavy atom. The molecule has 0 aliphatic heterocycles. The fraction of sp³-hybridized carbons (Fsp3) is 0.348. The molecule has 0 fully saturated rings. The van der Waals surface area contributed by atoms with E-state index in [1.54, 1.807) is 19.2 Å². The SMILES string of the molecule is CCc1ccc([C@H](NCc2cc(=O)oc3cc(OC)ccc23)C(C)C)cc1. The number of ether oxygens (including phenoxy) is 1. The van der Waals surface area contributed by atoms with Gasteiger partial charge in [-0.15, -0.1) is 0 Å². The van der Waals surface area contributed by atoms with Crippen LogP contribution >= 0.6 is 0 Å². The highest BCUT2D eigenvalue weighted by Crippen LogP contribution is 2.25. The minimum atomic E-state index is -0.346. The summed E-state index contributed by atoms with van der Waals surface area (Å²) in [6, 6.07) is 16.1. The predicted octanol–water partition coefficient (Wildman–Crippen LogP) is 4.85. The van der Waals surface area contributed by atoms with Crippen LogP contribution in [0.25, 0.3) is 11.0 Å². The number of hydrogen-bond donors (Lipinski definition) is 1. The van der Waals surface area contributed by atoms with Crippen molar-refractivity contribution in [3.63, 3.8) is 0 Å². The van der Waals surface area contributed by atoms with Gasteiger partial charge < -0.3 is 14.5 Å². The van der Waals surface area contributed by atoms with Gasteiger partial charge in [-0.3, -0.25) is 0 Å². The third kappa shape index (κ3) is 4.40. The standard InChI is InChI=1S/C23H27NO3/c1-5-16-6-8-17(9-7-16)23(15(2)3)24-14-18-12-22(25)27-21-13-19(26-4)10-11-20(18)21/h6-13,15,23-24H,5,14H2,1-4H3/t23-/m1/s1. The van der Waals surface area contributed by atoms with Crippen LogP contribution in [0.4, 0.5) is 0 Å². The van der Waals surface area contributed by atoms with Crippen molar-refractivity contribution in [1.29, 1.82) is 0 Å². The summed E-state index contributed by atoms with van der Waals surface area (Å²) in [6.07, 6.45) is 1.04. The molecule has 0 aliphatic carbocycles. The van der Waals surface area contributed by atoms with Crippen LogP contribution in [0, 0.1) is 5.92 Å². The van der Waals surface area contributed by atoms with Gasteiger partial charge >= 0.3 is 5.63 Å². The smallest absolute Gasteiger partial charge is 0.336 e. The first-order valence-corrected chi connectivity index (χ1v) is 9.44. The molecule has 1 heterocycles. The largest absolute Gasteiger partial charge is 0.497 e. The zero-order chi connectivity index (χ0) is 19.4. The van der Waals surface area contributed by atoms with Crippen molar-refractivity contribution in [2.45, 2.75) is 39.8 Å². The Labute approximate surface area is 160 Å². The molecule has 3 rings (SSSR count). The first-order valence-electron chi connectivity index (χ1n) is 9.44. The lowest BCUT2D eigenvalue weighted by atomic mass is 9.94. The lowest BCUT2D eigenvalue weighted by molar-refractivity contribution is 0.409. The fourth-order valence-electron chi connectivity index (χ4n) is 3.40. The summed E-state index contributed by atoms with van der Waals surface area (Å²) in [5.74, 6) is 1.09. The average Bonchev–Trinajstić information content (AvgIpc) is 2.67. The monoisotopic (exact) mass is 365 g/mol. The summed E-state index contributed by atoms with van der Waals surface area (Å²) in [5.41, 5.74) is 3.73. The van der Waals surface area contributed by atoms with Gasteiger partial charge in [-0.25, -0.2) is 4.79 Å². The Morgan fingerprint density at radius 3 is 2.44 bits per heavy atom. The van der Waals surface area contributed by atoms with Gasteiger partial charge in [0.15, 0.2) is 0 Å². The molecule has 2 aromatic carbocycles. The highest BCUT2D eigenvalue weighted by atomic mass is 16.5. The van der Waals surface area contributed by atoms with Crippen LogP contribution in [0.15, 0.2) is 57.7 Å². The van der Waals surface area contributed by atoms with Crippen molar-refractivity contribution in [2.24, 2.45) is 5.92 Å². The topological polar surface area (TPSA) is 51.5 Å². The first kappa shape index (κ1) is 19.2. The summed E-state index contributed by atoms with van der Waals surface area (Å²) >= 11 is 0. The molecule has 0 saturated heterocycles. The predicted molar refractivity (Wildman–Crippen MR) is 109 cm³/mol. The van der Waals surface area contributed by atoms with E-state index in [9.17, 15) is 4.79 Å². The van der Waals surface area contributed by atoms with Crippen molar-refractivity contribution in [2.75, 3.05) is 7.11 Å². The van der Waals surface area contributed by atoms with E-state index in [1.165, 1.54) is 11.1 Å². The lowest BCUT2D eigenvalue weighted by Gasteiger charge is -2.23. The summed E-state index contributed by atoms with van der Waals surface area (Å²) in [4.78, 5) is 12.0. The third-order valence-corrected chi connectivity index (χ3v) is 4.96. The number of hydrogen-bond acceptors (Lipinski definition) is 4. The van der Waals surface area contributed by atoms with Gasteiger partial charge in [0.1, 0.15) is 11.3 Å². The van der Waals surface area contributed by atoms with E-state index in [-0.39, 0.29) is 11.7 Å². The first-order chi connectivity index (χ1) is 13.0. The molecule has 1 aromatic heterocycles. The highest BCUT2D eigenvalue weighted by molar-refractivity contribution is 5.81. The van der Waals surface area contributed by atoms with Crippen molar-refractivity contribution in [3.8, 4) is 5.75 Å². The van der Waals surface area contributed by atoms with Crippen LogP contribution in [0.5, 0.6) is 5.75 Å². The molecule has 0 bridgehead atoms. The van der Waals surface area contributed by atoms with Crippen molar-refractivity contribution >= 4 is 11.0 Å². The second-order valence-electron chi connectivity index (χ2n) is 7.15. The number of rotatable bonds is 7. The number of nitrogens with one attached hydrogen (secondary N) is 1. The number of benzene rings is 2. The van der Waals surface area contributed by atoms with Gasteiger partial charge in [-0.1, -0.05) is 45.0 Å². The van der Waals surface area contributed by atoms with E-state index in [2.05, 4.69) is 50.4 Å². The fourth-order valence-corrected chi connectivity index (χ4v) is 3.40. The van der Waals surface area contributed by atoms with Crippen LogP contribution in [-0.2, 0) is 13.0 Å². The minimum Gasteiger partial charge on any atom is -0.497 e. The molecule has 0 saturated carbocycles. The molecule has 142 valence electrons. The Morgan fingerprint density at radius 2 is 1.81 bits per heavy atom. The molecule has 3 aromatic rings. The normalized spacial score (nSPS) is 12.5. The Hall–Kier alpha value is -2.59. The molecule has 4 nitrogen and oxygen atoms in total. The minimum absolute atomic E-state index is 0.205. The maximum Gasteiger partial charge on any atom is 0.336 e. The molecule has 0 amide bonds. The van der Waals surface area contributed by atoms with Gasteiger partial charge in [0.05, 0.1) is 7.11 Å². The molecular formula is C23H27NO3. The molecule has 0 radical (unpaired) electrons. The van der Waals surface area contributed by atoms with Gasteiger partial charge in [-0.2, -0.15) is 0 Å². The molecular weight excluding hydrogens is 338 g/mol. The van der Waals surface area contributed by atoms with Crippen molar-refractivity contribution < 1.29 is 9.15 Å². The van der Waals surface area contributed by atoms with Crippen LogP contribution in [0.2, 0.25) is 0 Å². The van der Waals surface area contributed by atoms with E-state index in [0.717, 1.165) is 17.4 Å². The Kier molecular flexibility index (Phi) is 5.97. The summed E-state index contributed by atoms with van der Waals surface area (Å²) in [5, 5.41) is 4.55. The van der Waals surface area contributed by atoms with Crippen LogP contribution in [0.3, 0.4) is 0 Å². The number of fused-ring (bicyclic) bond motifs is 1.